The summed E-state index contributed by atoms with van der Waals surface area (Å²) in [4.78, 5) is 29.5. The Balaban J connectivity index is 1.91. The highest BCUT2D eigenvalue weighted by atomic mass is 35.5. The number of fused-ring (bicyclic) bond motifs is 1. The molecule has 4 rings (SSSR count). The molecule has 2 aromatic heterocycles. The first-order valence-corrected chi connectivity index (χ1v) is 10.6. The third-order valence-electron chi connectivity index (χ3n) is 4.77. The van der Waals surface area contributed by atoms with E-state index in [4.69, 9.17) is 25.5 Å². The van der Waals surface area contributed by atoms with Crippen molar-refractivity contribution in [3.8, 4) is 28.6 Å². The third-order valence-corrected chi connectivity index (χ3v) is 5.03. The van der Waals surface area contributed by atoms with Crippen LogP contribution in [0.3, 0.4) is 0 Å². The van der Waals surface area contributed by atoms with E-state index in [2.05, 4.69) is 10.1 Å². The fourth-order valence-corrected chi connectivity index (χ4v) is 3.45. The molecule has 2 aromatic carbocycles. The molecule has 0 saturated carbocycles. The van der Waals surface area contributed by atoms with Crippen LogP contribution in [0.5, 0.6) is 11.5 Å². The van der Waals surface area contributed by atoms with Crippen LogP contribution in [0.25, 0.3) is 23.0 Å². The molecule has 2 heterocycles. The van der Waals surface area contributed by atoms with E-state index in [0.29, 0.717) is 47.4 Å². The number of hydrogen-bond donors (Lipinski definition) is 0. The van der Waals surface area contributed by atoms with Crippen molar-refractivity contribution in [3.05, 3.63) is 68.0 Å². The number of hydrogen-bond acceptors (Lipinski definition) is 7. The largest absolute Gasteiger partial charge is 0.493 e. The SMILES string of the molecule is CCOc1cc(OCC)c(-c2nn3c(=O)n(-c4ccc(Cl)cc4)c(=O)nc3o2)cc1CC. The minimum Gasteiger partial charge on any atom is -0.493 e. The topological polar surface area (TPSA) is 101 Å². The zero-order chi connectivity index (χ0) is 22.8. The van der Waals surface area contributed by atoms with Crippen LogP contribution < -0.4 is 20.9 Å². The first-order valence-electron chi connectivity index (χ1n) is 10.2. The van der Waals surface area contributed by atoms with Gasteiger partial charge in [-0.1, -0.05) is 18.5 Å². The van der Waals surface area contributed by atoms with Gasteiger partial charge in [0.25, 0.3) is 5.89 Å². The molecule has 0 aliphatic heterocycles. The molecule has 0 bridgehead atoms. The van der Waals surface area contributed by atoms with E-state index in [1.165, 1.54) is 0 Å². The van der Waals surface area contributed by atoms with Crippen LogP contribution in [0.15, 0.2) is 50.4 Å². The Bertz CT molecular complexity index is 1390. The Hall–Kier alpha value is -3.59. The lowest BCUT2D eigenvalue weighted by Crippen LogP contribution is -2.38. The lowest BCUT2D eigenvalue weighted by molar-refractivity contribution is 0.321. The van der Waals surface area contributed by atoms with Crippen molar-refractivity contribution >= 4 is 17.4 Å². The summed E-state index contributed by atoms with van der Waals surface area (Å²) in [5.74, 6) is 1.08. The third kappa shape index (κ3) is 3.87. The summed E-state index contributed by atoms with van der Waals surface area (Å²) < 4.78 is 19.0. The molecule has 0 aliphatic carbocycles. The Morgan fingerprint density at radius 3 is 2.34 bits per heavy atom. The van der Waals surface area contributed by atoms with Gasteiger partial charge in [-0.25, -0.2) is 14.2 Å². The highest BCUT2D eigenvalue weighted by molar-refractivity contribution is 6.30. The van der Waals surface area contributed by atoms with Crippen molar-refractivity contribution < 1.29 is 13.9 Å². The van der Waals surface area contributed by atoms with Crippen LogP contribution in [0.4, 0.5) is 0 Å². The molecule has 166 valence electrons. The number of ether oxygens (including phenoxy) is 2. The lowest BCUT2D eigenvalue weighted by atomic mass is 10.1. The molecule has 0 unspecified atom stereocenters. The molecule has 0 radical (unpaired) electrons. The van der Waals surface area contributed by atoms with Crippen molar-refractivity contribution in [2.75, 3.05) is 13.2 Å². The van der Waals surface area contributed by atoms with Gasteiger partial charge in [0, 0.05) is 11.1 Å². The zero-order valence-corrected chi connectivity index (χ0v) is 18.5. The van der Waals surface area contributed by atoms with Gasteiger partial charge >= 0.3 is 17.2 Å². The molecule has 0 fully saturated rings. The van der Waals surface area contributed by atoms with Crippen molar-refractivity contribution in [2.24, 2.45) is 0 Å². The Morgan fingerprint density at radius 2 is 1.69 bits per heavy atom. The van der Waals surface area contributed by atoms with Crippen LogP contribution >= 0.6 is 11.6 Å². The maximum atomic E-state index is 13.0. The fourth-order valence-electron chi connectivity index (χ4n) is 3.32. The molecule has 10 heteroatoms. The second kappa shape index (κ2) is 8.88. The average Bonchev–Trinajstić information content (AvgIpc) is 3.20. The second-order valence-electron chi connectivity index (χ2n) is 6.77. The van der Waals surface area contributed by atoms with Gasteiger partial charge in [0.05, 0.1) is 24.5 Å². The van der Waals surface area contributed by atoms with Gasteiger partial charge in [0.15, 0.2) is 0 Å². The van der Waals surface area contributed by atoms with Crippen LogP contribution in [0, 0.1) is 0 Å². The number of benzene rings is 2. The smallest absolute Gasteiger partial charge is 0.362 e. The summed E-state index contributed by atoms with van der Waals surface area (Å²) in [6.07, 6.45) is 0.703. The van der Waals surface area contributed by atoms with Gasteiger partial charge in [-0.2, -0.15) is 0 Å². The van der Waals surface area contributed by atoms with E-state index in [0.717, 1.165) is 14.6 Å². The van der Waals surface area contributed by atoms with E-state index >= 15 is 0 Å². The maximum Gasteiger partial charge on any atom is 0.362 e. The zero-order valence-electron chi connectivity index (χ0n) is 17.8. The van der Waals surface area contributed by atoms with E-state index < -0.39 is 11.4 Å². The average molecular weight is 457 g/mol. The minimum absolute atomic E-state index is 0.101. The fraction of sp³-hybridized carbons (Fsp3) is 0.273. The molecule has 9 nitrogen and oxygen atoms in total. The van der Waals surface area contributed by atoms with Gasteiger partial charge in [0.2, 0.25) is 0 Å². The Kier molecular flexibility index (Phi) is 6.00. The first kappa shape index (κ1) is 21.6. The van der Waals surface area contributed by atoms with Gasteiger partial charge in [-0.15, -0.1) is 14.6 Å². The summed E-state index contributed by atoms with van der Waals surface area (Å²) in [6, 6.07) is 9.87. The molecular formula is C22H21ClN4O5. The molecule has 0 saturated heterocycles. The molecule has 0 spiro atoms. The summed E-state index contributed by atoms with van der Waals surface area (Å²) in [5.41, 5.74) is 0.277. The maximum absolute atomic E-state index is 13.0. The quantitative estimate of drug-likeness (QED) is 0.419. The van der Waals surface area contributed by atoms with Gasteiger partial charge in [-0.3, -0.25) is 0 Å². The number of rotatable bonds is 7. The van der Waals surface area contributed by atoms with E-state index in [1.54, 1.807) is 30.3 Å². The normalized spacial score (nSPS) is 11.1. The highest BCUT2D eigenvalue weighted by Crippen LogP contribution is 2.36. The van der Waals surface area contributed by atoms with Crippen molar-refractivity contribution in [3.63, 3.8) is 0 Å². The molecule has 0 amide bonds. The van der Waals surface area contributed by atoms with E-state index in [9.17, 15) is 9.59 Å². The van der Waals surface area contributed by atoms with Crippen LogP contribution in [0.2, 0.25) is 5.02 Å². The minimum atomic E-state index is -0.786. The molecule has 0 aliphatic rings. The molecule has 4 aromatic rings. The Morgan fingerprint density at radius 1 is 1.00 bits per heavy atom. The number of nitrogens with zero attached hydrogens (tertiary/aromatic N) is 4. The lowest BCUT2D eigenvalue weighted by Gasteiger charge is -2.14. The Labute approximate surface area is 187 Å². The number of aryl methyl sites for hydroxylation is 1. The predicted molar refractivity (Wildman–Crippen MR) is 119 cm³/mol. The summed E-state index contributed by atoms with van der Waals surface area (Å²) in [5, 5.41) is 4.77. The molecular weight excluding hydrogens is 436 g/mol. The first-order chi connectivity index (χ1) is 15.5. The van der Waals surface area contributed by atoms with Gasteiger partial charge in [0.1, 0.15) is 11.5 Å². The van der Waals surface area contributed by atoms with Crippen LogP contribution in [-0.4, -0.2) is 32.4 Å². The second-order valence-corrected chi connectivity index (χ2v) is 7.20. The summed E-state index contributed by atoms with van der Waals surface area (Å²) in [7, 11) is 0. The van der Waals surface area contributed by atoms with Gasteiger partial charge < -0.3 is 13.9 Å². The molecule has 32 heavy (non-hydrogen) atoms. The monoisotopic (exact) mass is 456 g/mol. The predicted octanol–water partition coefficient (Wildman–Crippen LogP) is 3.51. The highest BCUT2D eigenvalue weighted by Gasteiger charge is 2.21. The van der Waals surface area contributed by atoms with Crippen molar-refractivity contribution in [2.45, 2.75) is 27.2 Å². The van der Waals surface area contributed by atoms with Crippen molar-refractivity contribution in [1.82, 2.24) is 19.2 Å². The molecule has 0 atom stereocenters. The van der Waals surface area contributed by atoms with Gasteiger partial charge in [-0.05, 0) is 56.2 Å². The number of aromatic nitrogens is 4. The van der Waals surface area contributed by atoms with E-state index in [-0.39, 0.29) is 11.7 Å². The van der Waals surface area contributed by atoms with Crippen LogP contribution in [-0.2, 0) is 6.42 Å². The molecule has 0 N–H and O–H groups in total. The van der Waals surface area contributed by atoms with Crippen molar-refractivity contribution in [1.29, 1.82) is 0 Å². The summed E-state index contributed by atoms with van der Waals surface area (Å²) >= 11 is 5.91. The number of halogens is 1. The van der Waals surface area contributed by atoms with Crippen LogP contribution in [0.1, 0.15) is 26.3 Å². The summed E-state index contributed by atoms with van der Waals surface area (Å²) in [6.45, 7) is 6.68. The van der Waals surface area contributed by atoms with E-state index in [1.807, 2.05) is 26.8 Å². The standard InChI is InChI=1S/C22H21ClN4O5/c1-4-13-11-16(18(31-6-3)12-17(13)30-5-2)19-25-27-21(32-19)24-20(28)26(22(27)29)15-9-7-14(23)8-10-15/h7-12H,4-6H2,1-3H3.